The van der Waals surface area contributed by atoms with E-state index in [1.807, 2.05) is 36.4 Å². The van der Waals surface area contributed by atoms with Crippen LogP contribution in [-0.4, -0.2) is 21.9 Å². The van der Waals surface area contributed by atoms with Crippen LogP contribution in [0.15, 0.2) is 60.8 Å². The summed E-state index contributed by atoms with van der Waals surface area (Å²) in [5.74, 6) is -0.965. The predicted octanol–water partition coefficient (Wildman–Crippen LogP) is 4.25. The molecule has 2 aromatic heterocycles. The van der Waals surface area contributed by atoms with Crippen molar-refractivity contribution in [2.45, 2.75) is 33.0 Å². The molecule has 0 fully saturated rings. The third-order valence-corrected chi connectivity index (χ3v) is 3.72. The predicted molar refractivity (Wildman–Crippen MR) is 98.1 cm³/mol. The Labute approximate surface area is 152 Å². The second kappa shape index (κ2) is 7.04. The van der Waals surface area contributed by atoms with Crippen molar-refractivity contribution in [1.29, 1.82) is 0 Å². The van der Waals surface area contributed by atoms with Crippen LogP contribution in [0.1, 0.15) is 47.2 Å². The van der Waals surface area contributed by atoms with Crippen LogP contribution in [0.25, 0.3) is 5.52 Å². The second-order valence-electron chi connectivity index (χ2n) is 6.96. The molecule has 0 N–H and O–H groups in total. The van der Waals surface area contributed by atoms with E-state index in [2.05, 4.69) is 0 Å². The van der Waals surface area contributed by atoms with Gasteiger partial charge in [0.15, 0.2) is 0 Å². The molecule has 134 valence electrons. The molecular weight excluding hydrogens is 330 g/mol. The summed E-state index contributed by atoms with van der Waals surface area (Å²) in [6.07, 6.45) is 1.72. The Hall–Kier alpha value is -3.08. The number of hydrogen-bond donors (Lipinski definition) is 0. The number of carbonyl (C=O) groups excluding carboxylic acids is 2. The lowest BCUT2D eigenvalue weighted by molar-refractivity contribution is 0.00719. The zero-order valence-corrected chi connectivity index (χ0v) is 15.1. The van der Waals surface area contributed by atoms with E-state index in [1.54, 1.807) is 43.5 Å². The molecule has 0 aliphatic rings. The molecule has 5 nitrogen and oxygen atoms in total. The molecule has 1 aromatic carbocycles. The van der Waals surface area contributed by atoms with Crippen LogP contribution in [0.3, 0.4) is 0 Å². The summed E-state index contributed by atoms with van der Waals surface area (Å²) in [5, 5.41) is 0. The molecule has 0 aliphatic carbocycles. The van der Waals surface area contributed by atoms with Crippen molar-refractivity contribution < 1.29 is 19.1 Å². The molecule has 5 heteroatoms. The quantitative estimate of drug-likeness (QED) is 0.659. The third kappa shape index (κ3) is 3.94. The maximum Gasteiger partial charge on any atom is 0.355 e. The van der Waals surface area contributed by atoms with Gasteiger partial charge in [-0.2, -0.15) is 0 Å². The summed E-state index contributed by atoms with van der Waals surface area (Å²) in [5.41, 5.74) is 1.51. The first-order chi connectivity index (χ1) is 12.3. The minimum absolute atomic E-state index is 0.168. The van der Waals surface area contributed by atoms with E-state index in [-0.39, 0.29) is 12.3 Å². The van der Waals surface area contributed by atoms with Gasteiger partial charge in [-0.05, 0) is 44.5 Å². The number of benzene rings is 1. The van der Waals surface area contributed by atoms with Crippen LogP contribution in [0, 0.1) is 0 Å². The molecule has 0 saturated heterocycles. The van der Waals surface area contributed by atoms with Gasteiger partial charge in [-0.15, -0.1) is 0 Å². The lowest BCUT2D eigenvalue weighted by atomic mass is 10.2. The van der Waals surface area contributed by atoms with Crippen molar-refractivity contribution in [1.82, 2.24) is 4.40 Å². The number of esters is 2. The first kappa shape index (κ1) is 17.7. The Balaban J connectivity index is 1.89. The molecule has 0 unspecified atom stereocenters. The summed E-state index contributed by atoms with van der Waals surface area (Å²) in [6.45, 7) is 5.58. The van der Waals surface area contributed by atoms with Crippen molar-refractivity contribution in [2.24, 2.45) is 0 Å². The van der Waals surface area contributed by atoms with Gasteiger partial charge in [-0.25, -0.2) is 9.59 Å². The van der Waals surface area contributed by atoms with Crippen LogP contribution >= 0.6 is 0 Å². The molecule has 2 heterocycles. The molecule has 26 heavy (non-hydrogen) atoms. The fourth-order valence-corrected chi connectivity index (χ4v) is 2.60. The smallest absolute Gasteiger partial charge is 0.355 e. The Morgan fingerprint density at radius 3 is 2.35 bits per heavy atom. The molecule has 0 aliphatic heterocycles. The number of carbonyl (C=O) groups is 2. The highest BCUT2D eigenvalue weighted by Gasteiger charge is 2.24. The monoisotopic (exact) mass is 351 g/mol. The first-order valence-corrected chi connectivity index (χ1v) is 8.39. The number of aromatic nitrogens is 1. The molecular formula is C21H21NO4. The topological polar surface area (TPSA) is 57.0 Å². The molecule has 0 spiro atoms. The molecule has 0 radical (unpaired) electrons. The second-order valence-corrected chi connectivity index (χ2v) is 6.96. The average Bonchev–Trinajstić information content (AvgIpc) is 2.99. The number of nitrogens with zero attached hydrogens (tertiary/aromatic N) is 1. The fourth-order valence-electron chi connectivity index (χ4n) is 2.60. The summed E-state index contributed by atoms with van der Waals surface area (Å²) in [4.78, 5) is 25.1. The van der Waals surface area contributed by atoms with Crippen molar-refractivity contribution >= 4 is 17.5 Å². The highest BCUT2D eigenvalue weighted by atomic mass is 16.6. The van der Waals surface area contributed by atoms with Gasteiger partial charge in [-0.1, -0.05) is 36.4 Å². The lowest BCUT2D eigenvalue weighted by Crippen LogP contribution is -2.23. The Kier molecular flexibility index (Phi) is 4.80. The Morgan fingerprint density at radius 2 is 1.65 bits per heavy atom. The molecule has 0 amide bonds. The Bertz CT molecular complexity index is 936. The van der Waals surface area contributed by atoms with Crippen molar-refractivity contribution in [3.8, 4) is 0 Å². The summed E-state index contributed by atoms with van der Waals surface area (Å²) >= 11 is 0. The van der Waals surface area contributed by atoms with Gasteiger partial charge in [0, 0.05) is 6.20 Å². The SMILES string of the molecule is CC(C)(C)OC(=O)c1cc(C(=O)OCc2ccccc2)n2ccccc12. The average molecular weight is 351 g/mol. The highest BCUT2D eigenvalue weighted by Crippen LogP contribution is 2.21. The van der Waals surface area contributed by atoms with Crippen LogP contribution in [-0.2, 0) is 16.1 Å². The van der Waals surface area contributed by atoms with Crippen LogP contribution in [0.2, 0.25) is 0 Å². The highest BCUT2D eigenvalue weighted by molar-refractivity contribution is 6.02. The minimum atomic E-state index is -0.617. The maximum absolute atomic E-state index is 12.6. The van der Waals surface area contributed by atoms with E-state index in [0.717, 1.165) is 5.56 Å². The van der Waals surface area contributed by atoms with Crippen LogP contribution < -0.4 is 0 Å². The van der Waals surface area contributed by atoms with Crippen LogP contribution in [0.5, 0.6) is 0 Å². The number of hydrogen-bond acceptors (Lipinski definition) is 4. The Morgan fingerprint density at radius 1 is 0.962 bits per heavy atom. The van der Waals surface area contributed by atoms with E-state index in [1.165, 1.54) is 6.07 Å². The zero-order valence-electron chi connectivity index (χ0n) is 15.1. The number of rotatable bonds is 4. The molecule has 0 bridgehead atoms. The van der Waals surface area contributed by atoms with Gasteiger partial charge in [0.1, 0.15) is 17.9 Å². The van der Waals surface area contributed by atoms with E-state index < -0.39 is 17.5 Å². The number of fused-ring (bicyclic) bond motifs is 1. The van der Waals surface area contributed by atoms with Gasteiger partial charge in [0.25, 0.3) is 0 Å². The van der Waals surface area contributed by atoms with Crippen molar-refractivity contribution in [3.63, 3.8) is 0 Å². The fraction of sp³-hybridized carbons (Fsp3) is 0.238. The molecule has 0 saturated carbocycles. The van der Waals surface area contributed by atoms with E-state index >= 15 is 0 Å². The maximum atomic E-state index is 12.6. The third-order valence-electron chi connectivity index (χ3n) is 3.72. The van der Waals surface area contributed by atoms with Gasteiger partial charge in [-0.3, -0.25) is 0 Å². The van der Waals surface area contributed by atoms with Gasteiger partial charge < -0.3 is 13.9 Å². The van der Waals surface area contributed by atoms with Crippen molar-refractivity contribution in [2.75, 3.05) is 0 Å². The van der Waals surface area contributed by atoms with E-state index in [4.69, 9.17) is 9.47 Å². The summed E-state index contributed by atoms with van der Waals surface area (Å²) in [6, 6.07) is 16.3. The van der Waals surface area contributed by atoms with E-state index in [9.17, 15) is 9.59 Å². The van der Waals surface area contributed by atoms with Gasteiger partial charge in [0.05, 0.1) is 11.1 Å². The summed E-state index contributed by atoms with van der Waals surface area (Å²) < 4.78 is 12.5. The summed E-state index contributed by atoms with van der Waals surface area (Å²) in [7, 11) is 0. The first-order valence-electron chi connectivity index (χ1n) is 8.39. The largest absolute Gasteiger partial charge is 0.456 e. The zero-order chi connectivity index (χ0) is 18.7. The van der Waals surface area contributed by atoms with Gasteiger partial charge in [0.2, 0.25) is 0 Å². The molecule has 3 aromatic rings. The standard InChI is InChI=1S/C21H21NO4/c1-21(2,3)26-19(23)16-13-18(22-12-8-7-11-17(16)22)20(24)25-14-15-9-5-4-6-10-15/h4-13H,14H2,1-3H3. The molecule has 0 atom stereocenters. The van der Waals surface area contributed by atoms with Crippen molar-refractivity contribution in [3.05, 3.63) is 77.6 Å². The van der Waals surface area contributed by atoms with Crippen LogP contribution in [0.4, 0.5) is 0 Å². The van der Waals surface area contributed by atoms with Gasteiger partial charge >= 0.3 is 11.9 Å². The van der Waals surface area contributed by atoms with E-state index in [0.29, 0.717) is 11.1 Å². The molecule has 3 rings (SSSR count). The number of ether oxygens (including phenoxy) is 2. The number of pyridine rings is 1. The minimum Gasteiger partial charge on any atom is -0.456 e. The lowest BCUT2D eigenvalue weighted by Gasteiger charge is -2.19. The normalized spacial score (nSPS) is 11.3.